The number of ether oxygens (including phenoxy) is 1. The lowest BCUT2D eigenvalue weighted by atomic mass is 9.68. The number of rotatable bonds is 7. The fraction of sp³-hybridized carbons (Fsp3) is 0.512. The Kier molecular flexibility index (Phi) is 9.03. The predicted molar refractivity (Wildman–Crippen MR) is 186 cm³/mol. The molecule has 1 atom stereocenters. The molecule has 3 aromatic rings. The maximum Gasteiger partial charge on any atom is 0.166 e. The lowest BCUT2D eigenvalue weighted by Crippen LogP contribution is -2.28. The Morgan fingerprint density at radius 1 is 0.778 bits per heavy atom. The van der Waals surface area contributed by atoms with Crippen LogP contribution in [-0.2, 0) is 12.8 Å². The largest absolute Gasteiger partial charge is 0.496 e. The third-order valence-electron chi connectivity index (χ3n) is 12.3. The van der Waals surface area contributed by atoms with Gasteiger partial charge in [-0.2, -0.15) is 0 Å². The monoisotopic (exact) mass is 600 g/mol. The summed E-state index contributed by atoms with van der Waals surface area (Å²) in [6.45, 7) is 7.05. The molecule has 3 aromatic carbocycles. The minimum atomic E-state index is 0.159. The molecule has 3 fully saturated rings. The second kappa shape index (κ2) is 13.3. The molecule has 0 radical (unpaired) electrons. The summed E-state index contributed by atoms with van der Waals surface area (Å²) in [6.07, 6.45) is 17.2. The predicted octanol–water partition coefficient (Wildman–Crippen LogP) is 11.2. The van der Waals surface area contributed by atoms with E-state index in [2.05, 4.69) is 68.1 Å². The van der Waals surface area contributed by atoms with Gasteiger partial charge in [-0.15, -0.1) is 0 Å². The topological polar surface area (TPSA) is 26.3 Å². The summed E-state index contributed by atoms with van der Waals surface area (Å²) < 4.78 is 5.91. The van der Waals surface area contributed by atoms with Gasteiger partial charge in [0.25, 0.3) is 0 Å². The molecule has 3 saturated carbocycles. The maximum absolute atomic E-state index is 13.7. The smallest absolute Gasteiger partial charge is 0.166 e. The fourth-order valence-electron chi connectivity index (χ4n) is 9.71. The molecule has 2 nitrogen and oxygen atoms in total. The summed E-state index contributed by atoms with van der Waals surface area (Å²) in [6, 6.07) is 22.3. The first-order valence-electron chi connectivity index (χ1n) is 18.1. The van der Waals surface area contributed by atoms with E-state index in [0.29, 0.717) is 17.6 Å². The first-order chi connectivity index (χ1) is 22.0. The third kappa shape index (κ3) is 6.32. The van der Waals surface area contributed by atoms with Crippen LogP contribution in [0, 0.1) is 29.6 Å². The van der Waals surface area contributed by atoms with Crippen molar-refractivity contribution < 1.29 is 9.53 Å². The fourth-order valence-corrected chi connectivity index (χ4v) is 9.71. The van der Waals surface area contributed by atoms with Gasteiger partial charge in [0.05, 0.1) is 7.11 Å². The zero-order valence-electron chi connectivity index (χ0n) is 27.7. The molecule has 4 aliphatic rings. The van der Waals surface area contributed by atoms with E-state index in [1.807, 2.05) is 6.07 Å². The van der Waals surface area contributed by atoms with Crippen molar-refractivity contribution in [1.29, 1.82) is 0 Å². The van der Waals surface area contributed by atoms with E-state index in [-0.39, 0.29) is 5.92 Å². The summed E-state index contributed by atoms with van der Waals surface area (Å²) in [5, 5.41) is 0. The van der Waals surface area contributed by atoms with Crippen molar-refractivity contribution >= 4 is 5.78 Å². The molecular formula is C43H52O2. The van der Waals surface area contributed by atoms with Gasteiger partial charge >= 0.3 is 0 Å². The number of Topliss-reactive ketones (excluding diaryl/α,β-unsaturated/α-hetero) is 1. The number of carbonyl (C=O) groups is 1. The quantitative estimate of drug-likeness (QED) is 0.199. The highest BCUT2D eigenvalue weighted by Crippen LogP contribution is 2.48. The van der Waals surface area contributed by atoms with Crippen LogP contribution in [0.15, 0.2) is 72.8 Å². The highest BCUT2D eigenvalue weighted by molar-refractivity contribution is 5.98. The molecule has 0 N–H and O–H groups in total. The van der Waals surface area contributed by atoms with Gasteiger partial charge in [0.2, 0.25) is 0 Å². The van der Waals surface area contributed by atoms with E-state index in [0.717, 1.165) is 60.3 Å². The van der Waals surface area contributed by atoms with Crippen LogP contribution in [0.5, 0.6) is 5.75 Å². The van der Waals surface area contributed by atoms with Crippen LogP contribution in [0.2, 0.25) is 0 Å². The van der Waals surface area contributed by atoms with Crippen LogP contribution in [0.25, 0.3) is 11.1 Å². The van der Waals surface area contributed by atoms with Crippen LogP contribution < -0.4 is 4.74 Å². The molecule has 7 rings (SSSR count). The first-order valence-corrected chi connectivity index (χ1v) is 18.1. The number of hydrogen-bond acceptors (Lipinski definition) is 2. The Balaban J connectivity index is 1.07. The van der Waals surface area contributed by atoms with Crippen LogP contribution in [0.3, 0.4) is 0 Å². The molecular weight excluding hydrogens is 548 g/mol. The normalized spacial score (nSPS) is 27.0. The average molecular weight is 601 g/mol. The number of carbonyl (C=O) groups excluding carboxylic acids is 1. The minimum Gasteiger partial charge on any atom is -0.496 e. The molecule has 0 saturated heterocycles. The van der Waals surface area contributed by atoms with Crippen molar-refractivity contribution in [3.8, 4) is 16.9 Å². The van der Waals surface area contributed by atoms with E-state index < -0.39 is 0 Å². The molecule has 0 spiro atoms. The van der Waals surface area contributed by atoms with Crippen molar-refractivity contribution in [2.45, 2.75) is 103 Å². The van der Waals surface area contributed by atoms with Gasteiger partial charge in [-0.05, 0) is 121 Å². The second-order valence-corrected chi connectivity index (χ2v) is 15.1. The summed E-state index contributed by atoms with van der Waals surface area (Å²) in [4.78, 5) is 13.7. The van der Waals surface area contributed by atoms with E-state index in [4.69, 9.17) is 4.74 Å². The number of hydrogen-bond donors (Lipinski definition) is 0. The average Bonchev–Trinajstić information content (AvgIpc) is 3.57. The number of benzene rings is 3. The second-order valence-electron chi connectivity index (χ2n) is 15.1. The van der Waals surface area contributed by atoms with Crippen molar-refractivity contribution in [3.63, 3.8) is 0 Å². The maximum atomic E-state index is 13.7. The Hall–Kier alpha value is -3.13. The van der Waals surface area contributed by atoms with Crippen LogP contribution >= 0.6 is 0 Å². The van der Waals surface area contributed by atoms with E-state index in [1.165, 1.54) is 97.6 Å². The third-order valence-corrected chi connectivity index (χ3v) is 12.3. The van der Waals surface area contributed by atoms with Crippen molar-refractivity contribution in [1.82, 2.24) is 0 Å². The number of allylic oxidation sites excluding steroid dienone is 1. The van der Waals surface area contributed by atoms with E-state index in [1.54, 1.807) is 7.11 Å². The van der Waals surface area contributed by atoms with Crippen LogP contribution in [-0.4, -0.2) is 12.9 Å². The minimum absolute atomic E-state index is 0.159. The number of fused-ring (bicyclic) bond motifs is 3. The number of ketones is 1. The van der Waals surface area contributed by atoms with E-state index in [9.17, 15) is 4.79 Å². The molecule has 236 valence electrons. The number of methoxy groups -OCH3 is 1. The standard InChI is InChI=1S/C43H52O2/c1-28-12-15-31(16-13-28)32-18-20-34(21-19-32)43(44)37-23-22-36(41(27-37)45-3)25-30-14-17-35-24-29(2)42(33-8-4-5-9-33)39-11-7-6-10-38(39)40(35)26-30/h6-7,10-11,14,17,22-23,26-28,31-34,42H,2,4-5,8-9,12-13,15-16,18-21,24-25H2,1,3H3. The van der Waals surface area contributed by atoms with Crippen molar-refractivity contribution in [2.75, 3.05) is 7.11 Å². The molecule has 0 aromatic heterocycles. The van der Waals surface area contributed by atoms with Crippen molar-refractivity contribution in [3.05, 3.63) is 101 Å². The Labute approximate surface area is 271 Å². The highest BCUT2D eigenvalue weighted by Gasteiger charge is 2.34. The van der Waals surface area contributed by atoms with E-state index >= 15 is 0 Å². The van der Waals surface area contributed by atoms with Crippen molar-refractivity contribution in [2.24, 2.45) is 29.6 Å². The Bertz CT molecular complexity index is 1530. The van der Waals surface area contributed by atoms with Gasteiger partial charge in [-0.3, -0.25) is 4.79 Å². The van der Waals surface area contributed by atoms with Gasteiger partial charge in [-0.25, -0.2) is 0 Å². The summed E-state index contributed by atoms with van der Waals surface area (Å²) >= 11 is 0. The molecule has 0 heterocycles. The molecule has 1 unspecified atom stereocenters. The van der Waals surface area contributed by atoms with Gasteiger partial charge in [0.1, 0.15) is 5.75 Å². The Morgan fingerprint density at radius 3 is 2.22 bits per heavy atom. The van der Waals surface area contributed by atoms with Gasteiger partial charge < -0.3 is 4.74 Å². The molecule has 0 amide bonds. The van der Waals surface area contributed by atoms with Gasteiger partial charge in [0, 0.05) is 23.8 Å². The summed E-state index contributed by atoms with van der Waals surface area (Å²) in [7, 11) is 1.74. The lowest BCUT2D eigenvalue weighted by molar-refractivity contribution is 0.0831. The van der Waals surface area contributed by atoms with Crippen LogP contribution in [0.4, 0.5) is 0 Å². The molecule has 2 heteroatoms. The molecule has 4 aliphatic carbocycles. The highest BCUT2D eigenvalue weighted by atomic mass is 16.5. The Morgan fingerprint density at radius 2 is 1.49 bits per heavy atom. The summed E-state index contributed by atoms with van der Waals surface area (Å²) in [5.41, 5.74) is 10.2. The molecule has 45 heavy (non-hydrogen) atoms. The SMILES string of the molecule is C=C1Cc2ccc(Cc3ccc(C(=O)C4CCC(C5CCC(C)CC5)CC4)cc3OC)cc2-c2ccccc2C1C1CCCC1. The van der Waals surface area contributed by atoms with Gasteiger partial charge in [-0.1, -0.05) is 99.4 Å². The lowest BCUT2D eigenvalue weighted by Gasteiger charge is -2.37. The van der Waals surface area contributed by atoms with Gasteiger partial charge in [0.15, 0.2) is 5.78 Å². The molecule has 0 bridgehead atoms. The molecule has 0 aliphatic heterocycles. The zero-order valence-corrected chi connectivity index (χ0v) is 27.7. The first kappa shape index (κ1) is 30.5. The summed E-state index contributed by atoms with van der Waals surface area (Å²) in [5.74, 6) is 5.10. The zero-order chi connectivity index (χ0) is 30.9. The van der Waals surface area contributed by atoms with Crippen LogP contribution in [0.1, 0.15) is 123 Å².